The monoisotopic (exact) mass is 1060 g/mol. The molecule has 0 fully saturated rings. The highest BCUT2D eigenvalue weighted by Gasteiger charge is 2.32. The van der Waals surface area contributed by atoms with E-state index in [1.807, 2.05) is 48.5 Å². The van der Waals surface area contributed by atoms with Gasteiger partial charge in [-0.1, -0.05) is 183 Å². The maximum Gasteiger partial charge on any atom is 0.416 e. The summed E-state index contributed by atoms with van der Waals surface area (Å²) in [6.07, 6.45) is -4.55. The summed E-state index contributed by atoms with van der Waals surface area (Å²) < 4.78 is 61.7. The Morgan fingerprint density at radius 1 is 0.316 bits per heavy atom. The van der Waals surface area contributed by atoms with Crippen LogP contribution in [0.4, 0.5) is 13.2 Å². The number of alkyl halides is 3. The van der Waals surface area contributed by atoms with Gasteiger partial charge in [-0.3, -0.25) is 0 Å². The van der Waals surface area contributed by atoms with E-state index in [4.69, 9.17) is 25.8 Å². The van der Waals surface area contributed by atoms with Crippen molar-refractivity contribution in [2.24, 2.45) is 0 Å². The van der Waals surface area contributed by atoms with Gasteiger partial charge in [0.15, 0.2) is 0 Å². The van der Waals surface area contributed by atoms with Gasteiger partial charge in [0.25, 0.3) is 0 Å². The summed E-state index contributed by atoms with van der Waals surface area (Å²) in [6, 6.07) is 68.7. The second kappa shape index (κ2) is 21.0. The van der Waals surface area contributed by atoms with Gasteiger partial charge < -0.3 is 14.2 Å². The molecule has 0 aliphatic rings. The molecule has 11 aromatic carbocycles. The van der Waals surface area contributed by atoms with Gasteiger partial charge in [-0.25, -0.2) is 0 Å². The van der Waals surface area contributed by atoms with Crippen LogP contribution in [0.5, 0.6) is 17.2 Å². The van der Waals surface area contributed by atoms with Crippen LogP contribution in [0.15, 0.2) is 206 Å². The van der Waals surface area contributed by atoms with E-state index in [9.17, 15) is 13.2 Å². The van der Waals surface area contributed by atoms with Gasteiger partial charge in [0.05, 0.1) is 26.9 Å². The molecule has 0 bridgehead atoms. The lowest BCUT2D eigenvalue weighted by Crippen LogP contribution is -2.10. The Morgan fingerprint density at radius 3 is 1.14 bits per heavy atom. The molecule has 0 unspecified atom stereocenters. The summed E-state index contributed by atoms with van der Waals surface area (Å²) in [5.74, 6) is 1.94. The van der Waals surface area contributed by atoms with Crippen molar-refractivity contribution in [1.29, 1.82) is 0 Å². The van der Waals surface area contributed by atoms with Gasteiger partial charge in [-0.05, 0) is 196 Å². The minimum Gasteiger partial charge on any atom is -0.497 e. The molecule has 0 aliphatic carbocycles. The van der Waals surface area contributed by atoms with Crippen LogP contribution in [0.25, 0.3) is 111 Å². The fourth-order valence-electron chi connectivity index (χ4n) is 11.2. The molecule has 7 heteroatoms. The van der Waals surface area contributed by atoms with Crippen LogP contribution < -0.4 is 14.2 Å². The smallest absolute Gasteiger partial charge is 0.416 e. The van der Waals surface area contributed by atoms with E-state index >= 15 is 0 Å². The molecule has 79 heavy (non-hydrogen) atoms. The maximum atomic E-state index is 14.6. The number of rotatable bonds is 11. The van der Waals surface area contributed by atoms with Gasteiger partial charge in [0.1, 0.15) is 17.2 Å². The number of aryl methyl sites for hydroxylation is 2. The zero-order chi connectivity index (χ0) is 55.3. The summed E-state index contributed by atoms with van der Waals surface area (Å²) in [7, 11) is 4.98. The first-order valence-electron chi connectivity index (χ1n) is 26.3. The number of hydrogen-bond acceptors (Lipinski definition) is 3. The van der Waals surface area contributed by atoms with E-state index in [1.165, 1.54) is 17.7 Å². The maximum absolute atomic E-state index is 14.6. The Morgan fingerprint density at radius 2 is 0.696 bits per heavy atom. The molecule has 0 amide bonds. The van der Waals surface area contributed by atoms with Crippen LogP contribution in [0.1, 0.15) is 43.0 Å². The third-order valence-electron chi connectivity index (χ3n) is 15.1. The van der Waals surface area contributed by atoms with Crippen LogP contribution in [0.3, 0.4) is 0 Å². The minimum absolute atomic E-state index is 0.131. The van der Waals surface area contributed by atoms with Crippen molar-refractivity contribution >= 4 is 33.1 Å². The Labute approximate surface area is 465 Å². The van der Waals surface area contributed by atoms with E-state index in [0.29, 0.717) is 27.8 Å². The Kier molecular flexibility index (Phi) is 13.9. The third kappa shape index (κ3) is 10.0. The molecular weight excluding hydrogens is 1010 g/mol. The molecule has 0 radical (unpaired) electrons. The second-order valence-corrected chi connectivity index (χ2v) is 21.7. The topological polar surface area (TPSA) is 27.7 Å². The summed E-state index contributed by atoms with van der Waals surface area (Å²) >= 11 is 6.78. The number of methoxy groups -OCH3 is 3. The second-order valence-electron chi connectivity index (χ2n) is 21.3. The van der Waals surface area contributed by atoms with Crippen molar-refractivity contribution in [3.05, 3.63) is 234 Å². The zero-order valence-electron chi connectivity index (χ0n) is 45.4. The van der Waals surface area contributed by atoms with Gasteiger partial charge in [-0.2, -0.15) is 13.2 Å². The summed E-state index contributed by atoms with van der Waals surface area (Å²) in [5.41, 5.74) is 17.1. The van der Waals surface area contributed by atoms with Crippen LogP contribution >= 0.6 is 11.6 Å². The highest BCUT2D eigenvalue weighted by molar-refractivity contribution is 6.31. The number of halogens is 4. The molecule has 0 spiro atoms. The number of benzene rings is 11. The molecule has 3 nitrogen and oxygen atoms in total. The number of hydrogen-bond donors (Lipinski definition) is 0. The van der Waals surface area contributed by atoms with Crippen LogP contribution in [-0.4, -0.2) is 21.3 Å². The van der Waals surface area contributed by atoms with Crippen LogP contribution in [0, 0.1) is 13.8 Å². The van der Waals surface area contributed by atoms with Crippen molar-refractivity contribution in [3.8, 4) is 106 Å². The Bertz CT molecular complexity index is 4040. The molecule has 0 atom stereocenters. The lowest BCUT2D eigenvalue weighted by Gasteiger charge is -2.28. The lowest BCUT2D eigenvalue weighted by molar-refractivity contribution is -0.137. The number of ether oxygens (including phenoxy) is 3. The van der Waals surface area contributed by atoms with Gasteiger partial charge >= 0.3 is 6.18 Å². The lowest BCUT2D eigenvalue weighted by atomic mass is 9.75. The summed E-state index contributed by atoms with van der Waals surface area (Å²) in [6.45, 7) is 10.8. The van der Waals surface area contributed by atoms with Crippen molar-refractivity contribution in [3.63, 3.8) is 0 Å². The molecule has 0 heterocycles. The molecule has 0 aliphatic heterocycles. The fourth-order valence-corrected chi connectivity index (χ4v) is 11.4. The van der Waals surface area contributed by atoms with Crippen molar-refractivity contribution < 1.29 is 27.4 Å². The molecule has 0 saturated heterocycles. The molecule has 392 valence electrons. The first-order valence-corrected chi connectivity index (χ1v) is 26.7. The standard InChI is InChI=1S/C72H58ClF3O3/c1-43-17-19-49(20-18-43)69-65(48-25-33-55(73)34-26-48)61-41-59-60(42-62(61)66(51-16-12-13-44(2)37-51)70(69)52-38-57(78-7)40-58(39-52)79-8)63(47-23-31-54(32-24-47)72(74,75)76)67(45-14-10-9-11-15-45)68(50-27-35-56(77-6)36-28-50)64(59)46-21-29-53(30-22-46)71(3,4)5/h9-42H,1-8H3. The average molecular weight is 1060 g/mol. The fraction of sp³-hybridized carbons (Fsp3) is 0.139. The minimum atomic E-state index is -4.55. The average Bonchev–Trinajstić information content (AvgIpc) is 3.65. The molecule has 0 N–H and O–H groups in total. The molecular formula is C72H58ClF3O3. The van der Waals surface area contributed by atoms with Gasteiger partial charge in [0.2, 0.25) is 0 Å². The number of fused-ring (bicyclic) bond motifs is 2. The summed E-state index contributed by atoms with van der Waals surface area (Å²) in [4.78, 5) is 0. The molecule has 11 rings (SSSR count). The first kappa shape index (κ1) is 52.5. The van der Waals surface area contributed by atoms with Crippen LogP contribution in [0.2, 0.25) is 5.02 Å². The predicted octanol–water partition coefficient (Wildman–Crippen LogP) is 20.9. The van der Waals surface area contributed by atoms with E-state index in [0.717, 1.165) is 116 Å². The van der Waals surface area contributed by atoms with Gasteiger partial charge in [0, 0.05) is 11.1 Å². The quantitative estimate of drug-likeness (QED) is 0.121. The van der Waals surface area contributed by atoms with E-state index in [1.54, 1.807) is 33.5 Å². The van der Waals surface area contributed by atoms with Crippen molar-refractivity contribution in [1.82, 2.24) is 0 Å². The van der Waals surface area contributed by atoms with E-state index in [2.05, 4.69) is 168 Å². The zero-order valence-corrected chi connectivity index (χ0v) is 46.1. The largest absolute Gasteiger partial charge is 0.497 e. The normalized spacial score (nSPS) is 11.8. The van der Waals surface area contributed by atoms with Crippen molar-refractivity contribution in [2.75, 3.05) is 21.3 Å². The Balaban J connectivity index is 1.48. The molecule has 11 aromatic rings. The van der Waals surface area contributed by atoms with Gasteiger partial charge in [-0.15, -0.1) is 0 Å². The highest BCUT2D eigenvalue weighted by Crippen LogP contribution is 2.57. The first-order chi connectivity index (χ1) is 38.0. The highest BCUT2D eigenvalue weighted by atomic mass is 35.5. The third-order valence-corrected chi connectivity index (χ3v) is 15.4. The van der Waals surface area contributed by atoms with E-state index < -0.39 is 11.7 Å². The van der Waals surface area contributed by atoms with Crippen LogP contribution in [-0.2, 0) is 11.6 Å². The van der Waals surface area contributed by atoms with E-state index in [-0.39, 0.29) is 5.41 Å². The van der Waals surface area contributed by atoms with Crippen molar-refractivity contribution in [2.45, 2.75) is 46.2 Å². The predicted molar refractivity (Wildman–Crippen MR) is 323 cm³/mol. The Hall–Kier alpha value is -8.58. The SMILES string of the molecule is COc1ccc(-c2c(-c3ccccc3)c(-c3ccc(C(F)(F)F)cc3)c3cc4c(-c5cccc(C)c5)c(-c5cc(OC)cc(OC)c5)c(-c5ccc(C)cc5)c(-c5ccc(Cl)cc5)c4cc3c2-c2ccc(C(C)(C)C)cc2)cc1. The molecule has 0 aromatic heterocycles. The molecule has 0 saturated carbocycles. The summed E-state index contributed by atoms with van der Waals surface area (Å²) in [5, 5.41) is 4.25.